The average Bonchev–Trinajstić information content (AvgIpc) is 2.46. The van der Waals surface area contributed by atoms with Crippen molar-refractivity contribution in [1.29, 1.82) is 0 Å². The van der Waals surface area contributed by atoms with Gasteiger partial charge in [-0.1, -0.05) is 12.8 Å². The molecule has 6 atom stereocenters. The van der Waals surface area contributed by atoms with Gasteiger partial charge in [0.05, 0.1) is 6.67 Å². The molecule has 0 bridgehead atoms. The molecule has 0 spiro atoms. The van der Waals surface area contributed by atoms with Crippen molar-refractivity contribution in [3.8, 4) is 0 Å². The van der Waals surface area contributed by atoms with Crippen LogP contribution in [0.2, 0.25) is 0 Å². The Morgan fingerprint density at radius 2 is 1.21 bits per heavy atom. The van der Waals surface area contributed by atoms with Crippen LogP contribution in [0, 0.1) is 0 Å². The van der Waals surface area contributed by atoms with Crippen LogP contribution in [0.15, 0.2) is 0 Å². The normalized spacial score (nSPS) is 19.7. The maximum absolute atomic E-state index is 13.4. The van der Waals surface area contributed by atoms with E-state index in [1.807, 2.05) is 0 Å². The third-order valence-corrected chi connectivity index (χ3v) is 3.83. The number of halogens is 7. The Morgan fingerprint density at radius 1 is 0.750 bits per heavy atom. The molecular formula is C12H20F7LiO3S. The molecule has 24 heavy (non-hydrogen) atoms. The second-order valence-electron chi connectivity index (χ2n) is 5.10. The van der Waals surface area contributed by atoms with Crippen molar-refractivity contribution >= 4 is 29.0 Å². The van der Waals surface area contributed by atoms with Crippen LogP contribution in [0.1, 0.15) is 25.7 Å². The molecule has 0 heterocycles. The van der Waals surface area contributed by atoms with Crippen molar-refractivity contribution in [3.63, 3.8) is 0 Å². The second kappa shape index (κ2) is 12.4. The fourth-order valence-electron chi connectivity index (χ4n) is 1.81. The van der Waals surface area contributed by atoms with Crippen molar-refractivity contribution in [2.75, 3.05) is 12.4 Å². The summed E-state index contributed by atoms with van der Waals surface area (Å²) in [5.74, 6) is -1.83. The topological polar surface area (TPSA) is 54.4 Å². The zero-order valence-corrected chi connectivity index (χ0v) is 12.8. The average molecular weight is 384 g/mol. The standard InChI is InChI=1S/C12H19F7O3S.Li.H/c13-5-3-1-2-4-7(14)9(16)11(18)12(19)10(17)8(15)6-23(20,21)22;;/h7-12H,1-6H2,(H,20,21,22);;. The molecule has 0 aromatic rings. The van der Waals surface area contributed by atoms with E-state index in [2.05, 4.69) is 0 Å². The molecule has 0 rings (SSSR count). The summed E-state index contributed by atoms with van der Waals surface area (Å²) in [5, 5.41) is 0. The van der Waals surface area contributed by atoms with E-state index >= 15 is 0 Å². The van der Waals surface area contributed by atoms with Crippen LogP contribution < -0.4 is 0 Å². The quantitative estimate of drug-likeness (QED) is 0.244. The summed E-state index contributed by atoms with van der Waals surface area (Å²) in [6, 6.07) is 0. The summed E-state index contributed by atoms with van der Waals surface area (Å²) in [4.78, 5) is 0. The molecule has 0 aliphatic rings. The Labute approximate surface area is 148 Å². The molecular weight excluding hydrogens is 364 g/mol. The van der Waals surface area contributed by atoms with E-state index in [-0.39, 0.29) is 38.1 Å². The first-order chi connectivity index (χ1) is 10.5. The fourth-order valence-corrected chi connectivity index (χ4v) is 2.40. The molecule has 0 saturated carbocycles. The molecule has 0 aliphatic heterocycles. The minimum atomic E-state index is -4.98. The van der Waals surface area contributed by atoms with Gasteiger partial charge in [-0.2, -0.15) is 8.42 Å². The molecule has 142 valence electrons. The first-order valence-corrected chi connectivity index (χ1v) is 8.47. The van der Waals surface area contributed by atoms with Gasteiger partial charge in [-0.15, -0.1) is 0 Å². The summed E-state index contributed by atoms with van der Waals surface area (Å²) in [6.45, 7) is -0.663. The van der Waals surface area contributed by atoms with E-state index in [1.54, 1.807) is 0 Å². The zero-order valence-electron chi connectivity index (χ0n) is 12.0. The van der Waals surface area contributed by atoms with E-state index in [0.29, 0.717) is 0 Å². The summed E-state index contributed by atoms with van der Waals surface area (Å²) in [7, 11) is -4.98. The number of unbranched alkanes of at least 4 members (excludes halogenated alkanes) is 2. The van der Waals surface area contributed by atoms with Crippen molar-refractivity contribution in [2.24, 2.45) is 0 Å². The van der Waals surface area contributed by atoms with Crippen molar-refractivity contribution in [3.05, 3.63) is 0 Å². The van der Waals surface area contributed by atoms with Crippen LogP contribution in [0.5, 0.6) is 0 Å². The van der Waals surface area contributed by atoms with Gasteiger partial charge in [-0.05, 0) is 12.8 Å². The Hall–Kier alpha value is 0.0174. The van der Waals surface area contributed by atoms with Gasteiger partial charge in [0.2, 0.25) is 0 Å². The van der Waals surface area contributed by atoms with Crippen LogP contribution in [0.4, 0.5) is 30.7 Å². The molecule has 3 nitrogen and oxygen atoms in total. The van der Waals surface area contributed by atoms with Crippen molar-refractivity contribution < 1.29 is 43.7 Å². The van der Waals surface area contributed by atoms with Gasteiger partial charge in [0.25, 0.3) is 10.1 Å². The van der Waals surface area contributed by atoms with Crippen molar-refractivity contribution in [2.45, 2.75) is 62.7 Å². The van der Waals surface area contributed by atoms with E-state index in [4.69, 9.17) is 4.55 Å². The van der Waals surface area contributed by atoms with Crippen LogP contribution in [0.25, 0.3) is 0 Å². The number of rotatable bonds is 12. The Morgan fingerprint density at radius 3 is 1.62 bits per heavy atom. The molecule has 0 radical (unpaired) electrons. The third kappa shape index (κ3) is 10.1. The predicted octanol–water partition coefficient (Wildman–Crippen LogP) is 2.78. The number of hydrogen-bond donors (Lipinski definition) is 1. The Kier molecular flexibility index (Phi) is 13.5. The molecule has 0 fully saturated rings. The van der Waals surface area contributed by atoms with Gasteiger partial charge < -0.3 is 0 Å². The van der Waals surface area contributed by atoms with Crippen LogP contribution in [0.3, 0.4) is 0 Å². The summed E-state index contributed by atoms with van der Waals surface area (Å²) < 4.78 is 121. The number of hydrogen-bond acceptors (Lipinski definition) is 2. The molecule has 0 amide bonds. The van der Waals surface area contributed by atoms with Gasteiger partial charge in [-0.25, -0.2) is 26.3 Å². The first kappa shape index (κ1) is 26.2. The van der Waals surface area contributed by atoms with Gasteiger partial charge in [0.1, 0.15) is 11.9 Å². The third-order valence-electron chi connectivity index (χ3n) is 3.09. The second-order valence-corrected chi connectivity index (χ2v) is 6.59. The van der Waals surface area contributed by atoms with Crippen LogP contribution in [-0.4, -0.2) is 81.3 Å². The van der Waals surface area contributed by atoms with E-state index in [9.17, 15) is 39.2 Å². The van der Waals surface area contributed by atoms with Gasteiger partial charge in [0.15, 0.2) is 30.9 Å². The van der Waals surface area contributed by atoms with Crippen LogP contribution in [-0.2, 0) is 10.1 Å². The van der Waals surface area contributed by atoms with E-state index < -0.39 is 66.0 Å². The first-order valence-electron chi connectivity index (χ1n) is 6.86. The van der Waals surface area contributed by atoms with Gasteiger partial charge >= 0.3 is 18.9 Å². The predicted molar refractivity (Wildman–Crippen MR) is 77.4 cm³/mol. The summed E-state index contributed by atoms with van der Waals surface area (Å²) in [5.41, 5.74) is 0. The number of alkyl halides is 7. The minimum absolute atomic E-state index is 0. The maximum atomic E-state index is 13.4. The fraction of sp³-hybridized carbons (Fsp3) is 1.00. The molecule has 0 saturated heterocycles. The van der Waals surface area contributed by atoms with Gasteiger partial charge in [-0.3, -0.25) is 8.94 Å². The molecule has 6 unspecified atom stereocenters. The molecule has 0 aliphatic carbocycles. The monoisotopic (exact) mass is 384 g/mol. The SMILES string of the molecule is O=S(=O)(O)CC(F)C(F)C(F)C(F)C(F)C(F)CCCCCF.[LiH]. The van der Waals surface area contributed by atoms with E-state index in [0.717, 1.165) is 0 Å². The Bertz CT molecular complexity index is 429. The zero-order chi connectivity index (χ0) is 18.2. The molecule has 1 N–H and O–H groups in total. The molecule has 12 heteroatoms. The summed E-state index contributed by atoms with van der Waals surface area (Å²) >= 11 is 0. The van der Waals surface area contributed by atoms with Gasteiger partial charge in [0, 0.05) is 0 Å². The van der Waals surface area contributed by atoms with Crippen LogP contribution >= 0.6 is 0 Å². The molecule has 0 aromatic heterocycles. The summed E-state index contributed by atoms with van der Waals surface area (Å²) in [6.07, 6.45) is -19.1. The Balaban J connectivity index is 0. The van der Waals surface area contributed by atoms with E-state index in [1.165, 1.54) is 0 Å². The molecule has 0 aromatic carbocycles. The van der Waals surface area contributed by atoms with Crippen molar-refractivity contribution in [1.82, 2.24) is 0 Å².